The van der Waals surface area contributed by atoms with Gasteiger partial charge >= 0.3 is 11.8 Å². The van der Waals surface area contributed by atoms with Crippen molar-refractivity contribution in [3.63, 3.8) is 0 Å². The largest absolute Gasteiger partial charge is 0.489 e. The van der Waals surface area contributed by atoms with Crippen LogP contribution in [0.4, 0.5) is 9.18 Å². The van der Waals surface area contributed by atoms with E-state index in [-0.39, 0.29) is 24.6 Å². The van der Waals surface area contributed by atoms with Crippen LogP contribution in [0.5, 0.6) is 5.75 Å². The van der Waals surface area contributed by atoms with E-state index >= 15 is 0 Å². The molecule has 0 radical (unpaired) electrons. The number of hydrogen-bond acceptors (Lipinski definition) is 6. The number of aryl methyl sites for hydroxylation is 1. The summed E-state index contributed by atoms with van der Waals surface area (Å²) >= 11 is 0. The van der Waals surface area contributed by atoms with E-state index in [0.717, 1.165) is 9.36 Å². The molecule has 1 aromatic carbocycles. The molecule has 0 saturated heterocycles. The van der Waals surface area contributed by atoms with Crippen LogP contribution in [0, 0.1) is 5.82 Å². The van der Waals surface area contributed by atoms with Crippen LogP contribution < -0.4 is 15.7 Å². The molecule has 0 aliphatic rings. The molecule has 1 N–H and O–H groups in total. The maximum Gasteiger partial charge on any atom is 0.407 e. The molecule has 0 atom stereocenters. The number of ether oxygens (including phenoxy) is 2. The van der Waals surface area contributed by atoms with Crippen molar-refractivity contribution in [2.75, 3.05) is 13.2 Å². The van der Waals surface area contributed by atoms with Crippen LogP contribution in [0.1, 0.15) is 47.1 Å². The molecule has 29 heavy (non-hydrogen) atoms. The van der Waals surface area contributed by atoms with Gasteiger partial charge in [0.15, 0.2) is 0 Å². The van der Waals surface area contributed by atoms with Gasteiger partial charge in [-0.25, -0.2) is 14.0 Å². The lowest BCUT2D eigenvalue weighted by Crippen LogP contribution is -2.34. The Kier molecular flexibility index (Phi) is 6.34. The summed E-state index contributed by atoms with van der Waals surface area (Å²) in [5.41, 5.74) is -0.928. The van der Waals surface area contributed by atoms with Gasteiger partial charge in [-0.3, -0.25) is 0 Å². The number of aromatic nitrogens is 4. The van der Waals surface area contributed by atoms with E-state index in [4.69, 9.17) is 9.47 Å². The number of hydrogen-bond donors (Lipinski definition) is 1. The fraction of sp³-hybridized carbons (Fsp3) is 0.579. The summed E-state index contributed by atoms with van der Waals surface area (Å²) in [5, 5.41) is 10.1. The van der Waals surface area contributed by atoms with Crippen LogP contribution >= 0.6 is 0 Å². The van der Waals surface area contributed by atoms with Gasteiger partial charge in [0.2, 0.25) is 0 Å². The van der Waals surface area contributed by atoms with E-state index in [1.54, 1.807) is 20.8 Å². The highest BCUT2D eigenvalue weighted by Gasteiger charge is 2.24. The predicted octanol–water partition coefficient (Wildman–Crippen LogP) is 2.31. The van der Waals surface area contributed by atoms with Crippen LogP contribution in [-0.2, 0) is 17.2 Å². The number of carbonyl (C=O) groups is 1. The van der Waals surface area contributed by atoms with E-state index in [2.05, 4.69) is 15.7 Å². The highest BCUT2D eigenvalue weighted by Crippen LogP contribution is 2.32. The van der Waals surface area contributed by atoms with Crippen LogP contribution in [0.25, 0.3) is 5.69 Å². The average Bonchev–Trinajstić information content (AvgIpc) is 2.88. The van der Waals surface area contributed by atoms with E-state index in [1.165, 1.54) is 19.2 Å². The van der Waals surface area contributed by atoms with Crippen molar-refractivity contribution in [3.8, 4) is 11.4 Å². The summed E-state index contributed by atoms with van der Waals surface area (Å²) in [6.45, 7) is 11.0. The molecular weight excluding hydrogens is 381 g/mol. The Hall–Kier alpha value is -2.91. The van der Waals surface area contributed by atoms with Crippen molar-refractivity contribution in [2.45, 2.75) is 52.6 Å². The van der Waals surface area contributed by atoms with Crippen molar-refractivity contribution in [2.24, 2.45) is 7.05 Å². The molecule has 0 unspecified atom stereocenters. The lowest BCUT2D eigenvalue weighted by Gasteiger charge is -2.22. The highest BCUT2D eigenvalue weighted by molar-refractivity contribution is 5.67. The molecule has 0 aliphatic carbocycles. The summed E-state index contributed by atoms with van der Waals surface area (Å²) < 4.78 is 27.6. The maximum absolute atomic E-state index is 14.7. The molecule has 0 bridgehead atoms. The van der Waals surface area contributed by atoms with Crippen LogP contribution in [0.3, 0.4) is 0 Å². The second-order valence-electron chi connectivity index (χ2n) is 8.62. The topological polar surface area (TPSA) is 100 Å². The third-order valence-electron chi connectivity index (χ3n) is 3.83. The third-order valence-corrected chi connectivity index (χ3v) is 3.83. The SMILES string of the molecule is Cn1nnn(-c2cc(C(C)(C)C)c(F)cc2OCCNC(=O)OC(C)(C)C)c1=O. The molecule has 0 fully saturated rings. The number of tetrazole rings is 1. The minimum absolute atomic E-state index is 0.0373. The van der Waals surface area contributed by atoms with E-state index in [0.29, 0.717) is 5.56 Å². The van der Waals surface area contributed by atoms with Gasteiger partial charge < -0.3 is 14.8 Å². The number of amides is 1. The molecular formula is C19H28FN5O4. The second-order valence-corrected chi connectivity index (χ2v) is 8.62. The number of benzene rings is 1. The number of rotatable bonds is 5. The summed E-state index contributed by atoms with van der Waals surface area (Å²) in [5.74, 6) is -0.350. The number of carbonyl (C=O) groups excluding carboxylic acids is 1. The van der Waals surface area contributed by atoms with Gasteiger partial charge in [0, 0.05) is 13.1 Å². The summed E-state index contributed by atoms with van der Waals surface area (Å²) in [7, 11) is 1.46. The Morgan fingerprint density at radius 3 is 2.34 bits per heavy atom. The maximum atomic E-state index is 14.7. The number of alkyl carbamates (subject to hydrolysis) is 1. The first kappa shape index (κ1) is 22.4. The number of nitrogens with one attached hydrogen (secondary N) is 1. The van der Waals surface area contributed by atoms with Crippen molar-refractivity contribution >= 4 is 6.09 Å². The van der Waals surface area contributed by atoms with Gasteiger partial charge in [0.1, 0.15) is 29.5 Å². The molecule has 1 heterocycles. The Morgan fingerprint density at radius 2 is 1.83 bits per heavy atom. The average molecular weight is 409 g/mol. The van der Waals surface area contributed by atoms with Gasteiger partial charge in [-0.15, -0.1) is 0 Å². The first-order valence-electron chi connectivity index (χ1n) is 9.22. The summed E-state index contributed by atoms with van der Waals surface area (Å²) in [6.07, 6.45) is -0.583. The standard InChI is InChI=1S/C19H28FN5O4/c1-18(2,3)12-10-14(25-17(27)24(7)22-23-25)15(11-13(12)20)28-9-8-21-16(26)29-19(4,5)6/h10-11H,8-9H2,1-7H3,(H,21,26). The van der Waals surface area contributed by atoms with Crippen LogP contribution in [0.2, 0.25) is 0 Å². The van der Waals surface area contributed by atoms with E-state index < -0.39 is 28.6 Å². The van der Waals surface area contributed by atoms with Crippen molar-refractivity contribution in [1.82, 2.24) is 25.1 Å². The Labute approximate surface area is 168 Å². The van der Waals surface area contributed by atoms with Gasteiger partial charge in [0.05, 0.1) is 6.54 Å². The Bertz CT molecular complexity index is 938. The minimum Gasteiger partial charge on any atom is -0.489 e. The fourth-order valence-electron chi connectivity index (χ4n) is 2.49. The van der Waals surface area contributed by atoms with Crippen LogP contribution in [0.15, 0.2) is 16.9 Å². The van der Waals surface area contributed by atoms with Crippen molar-refractivity contribution < 1.29 is 18.7 Å². The normalized spacial score (nSPS) is 12.0. The second kappa shape index (κ2) is 8.22. The fourth-order valence-corrected chi connectivity index (χ4v) is 2.49. The molecule has 10 heteroatoms. The predicted molar refractivity (Wildman–Crippen MR) is 105 cm³/mol. The Morgan fingerprint density at radius 1 is 1.17 bits per heavy atom. The first-order valence-corrected chi connectivity index (χ1v) is 9.22. The lowest BCUT2D eigenvalue weighted by molar-refractivity contribution is 0.0520. The quantitative estimate of drug-likeness (QED) is 0.761. The van der Waals surface area contributed by atoms with Gasteiger partial charge in [-0.2, -0.15) is 9.36 Å². The molecule has 1 aromatic heterocycles. The molecule has 0 saturated carbocycles. The van der Waals surface area contributed by atoms with Crippen molar-refractivity contribution in [3.05, 3.63) is 34.0 Å². The summed E-state index contributed by atoms with van der Waals surface area (Å²) in [4.78, 5) is 24.0. The number of halogens is 1. The smallest absolute Gasteiger partial charge is 0.407 e. The van der Waals surface area contributed by atoms with Gasteiger partial charge in [0.25, 0.3) is 0 Å². The zero-order valence-electron chi connectivity index (χ0n) is 17.9. The minimum atomic E-state index is -0.614. The molecule has 2 rings (SSSR count). The summed E-state index contributed by atoms with van der Waals surface area (Å²) in [6, 6.07) is 2.74. The Balaban J connectivity index is 2.25. The van der Waals surface area contributed by atoms with Gasteiger partial charge in [-0.1, -0.05) is 20.8 Å². The zero-order valence-corrected chi connectivity index (χ0v) is 17.9. The molecule has 2 aromatic rings. The lowest BCUT2D eigenvalue weighted by atomic mass is 9.86. The molecule has 1 amide bonds. The van der Waals surface area contributed by atoms with Crippen molar-refractivity contribution in [1.29, 1.82) is 0 Å². The monoisotopic (exact) mass is 409 g/mol. The first-order chi connectivity index (χ1) is 13.3. The van der Waals surface area contributed by atoms with Gasteiger partial charge in [-0.05, 0) is 48.2 Å². The zero-order chi connectivity index (χ0) is 22.0. The molecule has 9 nitrogen and oxygen atoms in total. The third kappa shape index (κ3) is 5.78. The highest BCUT2D eigenvalue weighted by atomic mass is 19.1. The van der Waals surface area contributed by atoms with E-state index in [1.807, 2.05) is 20.8 Å². The molecule has 160 valence electrons. The molecule has 0 spiro atoms. The van der Waals surface area contributed by atoms with E-state index in [9.17, 15) is 14.0 Å². The molecule has 0 aliphatic heterocycles. The number of nitrogens with zero attached hydrogens (tertiary/aromatic N) is 4. The van der Waals surface area contributed by atoms with Crippen LogP contribution in [-0.4, -0.2) is 44.6 Å².